The van der Waals surface area contributed by atoms with Crippen LogP contribution in [0.3, 0.4) is 0 Å². The van der Waals surface area contributed by atoms with Gasteiger partial charge in [0.15, 0.2) is 0 Å². The number of amides is 1. The first-order valence-electron chi connectivity index (χ1n) is 7.61. The van der Waals surface area contributed by atoms with E-state index in [2.05, 4.69) is 10.5 Å². The van der Waals surface area contributed by atoms with Gasteiger partial charge in [0.1, 0.15) is 6.61 Å². The molecule has 1 amide bonds. The van der Waals surface area contributed by atoms with Crippen LogP contribution in [0.4, 0.5) is 4.79 Å². The number of alkyl carbamates (subject to hydrolysis) is 1. The fraction of sp³-hybridized carbons (Fsp3) is 0.533. The zero-order chi connectivity index (χ0) is 16.2. The second-order valence-electron chi connectivity index (χ2n) is 5.21. The van der Waals surface area contributed by atoms with Crippen molar-refractivity contribution in [3.63, 3.8) is 0 Å². The van der Waals surface area contributed by atoms with E-state index in [0.717, 1.165) is 18.4 Å². The minimum Gasteiger partial charge on any atom is -0.445 e. The van der Waals surface area contributed by atoms with Gasteiger partial charge in [0, 0.05) is 0 Å². The van der Waals surface area contributed by atoms with Gasteiger partial charge >= 0.3 is 13.1 Å². The number of carbonyl (C=O) groups is 1. The molecular formula is C15H25BN2O4. The number of hydrogen-bond donors (Lipinski definition) is 4. The van der Waals surface area contributed by atoms with Gasteiger partial charge in [-0.05, 0) is 31.8 Å². The van der Waals surface area contributed by atoms with E-state index in [4.69, 9.17) is 9.76 Å². The molecular weight excluding hydrogens is 283 g/mol. The van der Waals surface area contributed by atoms with Crippen molar-refractivity contribution >= 4 is 13.1 Å². The molecule has 0 aromatic heterocycles. The molecule has 0 saturated heterocycles. The SMILES string of the molecule is CB(O)NCCCCC(CO)NC(=O)OCc1ccccc1. The molecule has 1 unspecified atom stereocenters. The molecule has 1 aromatic rings. The van der Waals surface area contributed by atoms with Crippen molar-refractivity contribution < 1.29 is 19.7 Å². The predicted octanol–water partition coefficient (Wildman–Crippen LogP) is 1.14. The maximum atomic E-state index is 11.7. The van der Waals surface area contributed by atoms with Crippen LogP contribution in [0.25, 0.3) is 0 Å². The molecule has 22 heavy (non-hydrogen) atoms. The maximum absolute atomic E-state index is 11.7. The van der Waals surface area contributed by atoms with Crippen molar-refractivity contribution in [1.82, 2.24) is 10.5 Å². The lowest BCUT2D eigenvalue weighted by Gasteiger charge is -2.16. The van der Waals surface area contributed by atoms with Gasteiger partial charge in [-0.3, -0.25) is 0 Å². The van der Waals surface area contributed by atoms with Crippen molar-refractivity contribution in [2.24, 2.45) is 0 Å². The summed E-state index contributed by atoms with van der Waals surface area (Å²) in [5.74, 6) is 0. The van der Waals surface area contributed by atoms with E-state index in [1.807, 2.05) is 30.3 Å². The predicted molar refractivity (Wildman–Crippen MR) is 86.3 cm³/mol. The molecule has 0 fully saturated rings. The number of ether oxygens (including phenoxy) is 1. The van der Waals surface area contributed by atoms with Gasteiger partial charge in [-0.2, -0.15) is 0 Å². The Morgan fingerprint density at radius 2 is 2.05 bits per heavy atom. The second-order valence-corrected chi connectivity index (χ2v) is 5.21. The average Bonchev–Trinajstić information content (AvgIpc) is 2.52. The topological polar surface area (TPSA) is 90.8 Å². The first kappa shape index (κ1) is 18.5. The monoisotopic (exact) mass is 308 g/mol. The highest BCUT2D eigenvalue weighted by molar-refractivity contribution is 6.45. The molecule has 122 valence electrons. The molecule has 0 spiro atoms. The van der Waals surface area contributed by atoms with Crippen molar-refractivity contribution in [3.8, 4) is 0 Å². The van der Waals surface area contributed by atoms with E-state index < -0.39 is 13.1 Å². The summed E-state index contributed by atoms with van der Waals surface area (Å²) < 4.78 is 5.11. The van der Waals surface area contributed by atoms with Crippen LogP contribution in [-0.2, 0) is 11.3 Å². The first-order chi connectivity index (χ1) is 10.6. The van der Waals surface area contributed by atoms with Crippen molar-refractivity contribution in [3.05, 3.63) is 35.9 Å². The zero-order valence-corrected chi connectivity index (χ0v) is 13.0. The van der Waals surface area contributed by atoms with Crippen LogP contribution in [0.5, 0.6) is 0 Å². The van der Waals surface area contributed by atoms with E-state index in [1.54, 1.807) is 6.82 Å². The van der Waals surface area contributed by atoms with Crippen LogP contribution in [0.15, 0.2) is 30.3 Å². The highest BCUT2D eigenvalue weighted by Gasteiger charge is 2.12. The van der Waals surface area contributed by atoms with E-state index >= 15 is 0 Å². The fourth-order valence-corrected chi connectivity index (χ4v) is 1.97. The Kier molecular flexibility index (Phi) is 9.29. The molecule has 1 aromatic carbocycles. The number of aliphatic hydroxyl groups excluding tert-OH is 1. The van der Waals surface area contributed by atoms with Crippen LogP contribution in [0.2, 0.25) is 6.82 Å². The van der Waals surface area contributed by atoms with E-state index in [9.17, 15) is 9.90 Å². The number of rotatable bonds is 10. The largest absolute Gasteiger partial charge is 0.445 e. The third-order valence-corrected chi connectivity index (χ3v) is 3.17. The van der Waals surface area contributed by atoms with Crippen molar-refractivity contribution in [1.29, 1.82) is 0 Å². The Bertz CT molecular complexity index is 417. The molecule has 0 aliphatic carbocycles. The third-order valence-electron chi connectivity index (χ3n) is 3.17. The standard InChI is InChI=1S/C15H25BN2O4/c1-16(21)17-10-6-5-9-14(11-19)18-15(20)22-12-13-7-3-2-4-8-13/h2-4,7-8,14,17,19,21H,5-6,9-12H2,1H3,(H,18,20). The van der Waals surface area contributed by atoms with Gasteiger partial charge in [0.05, 0.1) is 12.6 Å². The zero-order valence-electron chi connectivity index (χ0n) is 13.0. The normalized spacial score (nSPS) is 11.8. The lowest BCUT2D eigenvalue weighted by Crippen LogP contribution is -2.38. The quantitative estimate of drug-likeness (QED) is 0.384. The first-order valence-corrected chi connectivity index (χ1v) is 7.61. The van der Waals surface area contributed by atoms with Crippen LogP contribution < -0.4 is 10.5 Å². The van der Waals surface area contributed by atoms with Gasteiger partial charge in [-0.15, -0.1) is 0 Å². The van der Waals surface area contributed by atoms with E-state index in [-0.39, 0.29) is 19.3 Å². The molecule has 0 heterocycles. The Hall–Kier alpha value is -1.57. The minimum absolute atomic E-state index is 0.121. The molecule has 1 atom stereocenters. The third kappa shape index (κ3) is 8.66. The average molecular weight is 308 g/mol. The highest BCUT2D eigenvalue weighted by Crippen LogP contribution is 2.03. The number of carbonyl (C=O) groups excluding carboxylic acids is 1. The molecule has 0 radical (unpaired) electrons. The highest BCUT2D eigenvalue weighted by atomic mass is 16.5. The lowest BCUT2D eigenvalue weighted by atomic mass is 9.89. The van der Waals surface area contributed by atoms with Crippen LogP contribution in [0.1, 0.15) is 24.8 Å². The van der Waals surface area contributed by atoms with Crippen molar-refractivity contribution in [2.45, 2.75) is 38.7 Å². The fourth-order valence-electron chi connectivity index (χ4n) is 1.97. The summed E-state index contributed by atoms with van der Waals surface area (Å²) in [7, 11) is -0.514. The van der Waals surface area contributed by atoms with Crippen molar-refractivity contribution in [2.75, 3.05) is 13.2 Å². The summed E-state index contributed by atoms with van der Waals surface area (Å²) in [4.78, 5) is 11.7. The second kappa shape index (κ2) is 11.1. The number of nitrogens with one attached hydrogen (secondary N) is 2. The minimum atomic E-state index is -0.523. The number of aliphatic hydroxyl groups is 1. The molecule has 0 bridgehead atoms. The molecule has 1 rings (SSSR count). The summed E-state index contributed by atoms with van der Waals surface area (Å²) in [6.45, 7) is 2.46. The molecule has 0 saturated carbocycles. The summed E-state index contributed by atoms with van der Waals surface area (Å²) >= 11 is 0. The Morgan fingerprint density at radius 3 is 2.68 bits per heavy atom. The summed E-state index contributed by atoms with van der Waals surface area (Å²) in [5.41, 5.74) is 0.919. The summed E-state index contributed by atoms with van der Waals surface area (Å²) in [5, 5.41) is 23.9. The molecule has 6 nitrogen and oxygen atoms in total. The van der Waals surface area contributed by atoms with E-state index in [1.165, 1.54) is 0 Å². The maximum Gasteiger partial charge on any atom is 0.407 e. The molecule has 7 heteroatoms. The van der Waals surface area contributed by atoms with Gasteiger partial charge < -0.3 is 25.4 Å². The van der Waals surface area contributed by atoms with Crippen LogP contribution in [-0.4, -0.2) is 42.5 Å². The van der Waals surface area contributed by atoms with Gasteiger partial charge in [0.25, 0.3) is 0 Å². The van der Waals surface area contributed by atoms with E-state index in [0.29, 0.717) is 13.0 Å². The summed E-state index contributed by atoms with van der Waals surface area (Å²) in [6, 6.07) is 9.12. The Balaban J connectivity index is 2.17. The molecule has 0 aliphatic rings. The van der Waals surface area contributed by atoms with Crippen LogP contribution >= 0.6 is 0 Å². The van der Waals surface area contributed by atoms with Gasteiger partial charge in [-0.1, -0.05) is 36.8 Å². The molecule has 4 N–H and O–H groups in total. The number of hydrogen-bond acceptors (Lipinski definition) is 5. The smallest absolute Gasteiger partial charge is 0.407 e. The summed E-state index contributed by atoms with van der Waals surface area (Å²) in [6.07, 6.45) is 1.84. The number of unbranched alkanes of at least 4 members (excludes halogenated alkanes) is 1. The van der Waals surface area contributed by atoms with Gasteiger partial charge in [-0.25, -0.2) is 4.79 Å². The lowest BCUT2D eigenvalue weighted by molar-refractivity contribution is 0.128. The number of benzene rings is 1. The van der Waals surface area contributed by atoms with Gasteiger partial charge in [0.2, 0.25) is 0 Å². The Morgan fingerprint density at radius 1 is 1.32 bits per heavy atom. The Labute approximate surface area is 132 Å². The molecule has 0 aliphatic heterocycles. The van der Waals surface area contributed by atoms with Crippen LogP contribution in [0, 0.1) is 0 Å².